The van der Waals surface area contributed by atoms with Crippen LogP contribution in [0, 0.1) is 5.41 Å². The van der Waals surface area contributed by atoms with Gasteiger partial charge in [-0.3, -0.25) is 9.59 Å². The molecule has 3 heteroatoms. The number of ether oxygens (including phenoxy) is 1. The SMILES string of the molecule is CCC(C)(C)C(=O)CCC(=O)OC(C)(C)C. The van der Waals surface area contributed by atoms with Crippen molar-refractivity contribution in [3.8, 4) is 0 Å². The Kier molecular flexibility index (Phi) is 5.17. The molecule has 94 valence electrons. The molecule has 0 radical (unpaired) electrons. The summed E-state index contributed by atoms with van der Waals surface area (Å²) in [7, 11) is 0. The number of hydrogen-bond donors (Lipinski definition) is 0. The maximum Gasteiger partial charge on any atom is 0.306 e. The third-order valence-electron chi connectivity index (χ3n) is 2.61. The maximum atomic E-state index is 11.8. The third-order valence-corrected chi connectivity index (χ3v) is 2.61. The molecule has 0 aromatic rings. The Bertz CT molecular complexity index is 259. The number of carbonyl (C=O) groups is 2. The largest absolute Gasteiger partial charge is 0.460 e. The van der Waals surface area contributed by atoms with E-state index >= 15 is 0 Å². The number of hydrogen-bond acceptors (Lipinski definition) is 3. The van der Waals surface area contributed by atoms with Crippen LogP contribution in [-0.4, -0.2) is 17.4 Å². The van der Waals surface area contributed by atoms with Gasteiger partial charge in [-0.2, -0.15) is 0 Å². The van der Waals surface area contributed by atoms with Gasteiger partial charge in [0.2, 0.25) is 0 Å². The van der Waals surface area contributed by atoms with Crippen LogP contribution in [-0.2, 0) is 14.3 Å². The van der Waals surface area contributed by atoms with E-state index in [1.54, 1.807) is 0 Å². The molecule has 0 bridgehead atoms. The Morgan fingerprint density at radius 2 is 1.50 bits per heavy atom. The lowest BCUT2D eigenvalue weighted by Gasteiger charge is -2.22. The number of Topliss-reactive ketones (excluding diaryl/α,β-unsaturated/α-hetero) is 1. The highest BCUT2D eigenvalue weighted by atomic mass is 16.6. The smallest absolute Gasteiger partial charge is 0.306 e. The van der Waals surface area contributed by atoms with E-state index in [2.05, 4.69) is 0 Å². The van der Waals surface area contributed by atoms with Crippen molar-refractivity contribution in [3.05, 3.63) is 0 Å². The van der Waals surface area contributed by atoms with Crippen molar-refractivity contribution in [3.63, 3.8) is 0 Å². The Hall–Kier alpha value is -0.860. The predicted octanol–water partition coefficient (Wildman–Crippen LogP) is 3.11. The molecule has 0 unspecified atom stereocenters. The van der Waals surface area contributed by atoms with Gasteiger partial charge < -0.3 is 4.74 Å². The highest BCUT2D eigenvalue weighted by molar-refractivity contribution is 5.87. The van der Waals surface area contributed by atoms with E-state index < -0.39 is 5.60 Å². The number of esters is 1. The maximum absolute atomic E-state index is 11.8. The standard InChI is InChI=1S/C13H24O3/c1-7-13(5,6)10(14)8-9-11(15)16-12(2,3)4/h7-9H2,1-6H3. The Morgan fingerprint density at radius 3 is 1.88 bits per heavy atom. The molecule has 0 heterocycles. The van der Waals surface area contributed by atoms with Crippen molar-refractivity contribution in [1.82, 2.24) is 0 Å². The van der Waals surface area contributed by atoms with E-state index in [-0.39, 0.29) is 30.0 Å². The number of ketones is 1. The van der Waals surface area contributed by atoms with Crippen LogP contribution in [0.4, 0.5) is 0 Å². The van der Waals surface area contributed by atoms with Gasteiger partial charge in [-0.15, -0.1) is 0 Å². The summed E-state index contributed by atoms with van der Waals surface area (Å²) in [6.07, 6.45) is 1.25. The summed E-state index contributed by atoms with van der Waals surface area (Å²) in [6.45, 7) is 11.3. The first-order valence-corrected chi connectivity index (χ1v) is 5.83. The highest BCUT2D eigenvalue weighted by Gasteiger charge is 2.26. The molecule has 3 nitrogen and oxygen atoms in total. The van der Waals surface area contributed by atoms with Crippen molar-refractivity contribution in [1.29, 1.82) is 0 Å². The fourth-order valence-corrected chi connectivity index (χ4v) is 1.14. The van der Waals surface area contributed by atoms with E-state index in [0.717, 1.165) is 6.42 Å². The van der Waals surface area contributed by atoms with Crippen LogP contribution in [0.25, 0.3) is 0 Å². The Morgan fingerprint density at radius 1 is 1.00 bits per heavy atom. The zero-order chi connectivity index (χ0) is 13.0. The van der Waals surface area contributed by atoms with Crippen LogP contribution >= 0.6 is 0 Å². The molecular formula is C13H24O3. The molecule has 0 aliphatic rings. The van der Waals surface area contributed by atoms with E-state index in [4.69, 9.17) is 4.74 Å². The lowest BCUT2D eigenvalue weighted by Crippen LogP contribution is -2.27. The van der Waals surface area contributed by atoms with Crippen LogP contribution in [0.3, 0.4) is 0 Å². The fourth-order valence-electron chi connectivity index (χ4n) is 1.14. The van der Waals surface area contributed by atoms with Crippen molar-refractivity contribution >= 4 is 11.8 Å². The topological polar surface area (TPSA) is 43.4 Å². The van der Waals surface area contributed by atoms with Crippen LogP contribution in [0.15, 0.2) is 0 Å². The summed E-state index contributed by atoms with van der Waals surface area (Å²) < 4.78 is 5.14. The van der Waals surface area contributed by atoms with Gasteiger partial charge in [0, 0.05) is 11.8 Å². The van der Waals surface area contributed by atoms with Crippen LogP contribution in [0.5, 0.6) is 0 Å². The molecule has 0 saturated heterocycles. The summed E-state index contributed by atoms with van der Waals surface area (Å²) in [4.78, 5) is 23.2. The molecule has 0 saturated carbocycles. The average molecular weight is 228 g/mol. The molecular weight excluding hydrogens is 204 g/mol. The van der Waals surface area contributed by atoms with Crippen molar-refractivity contribution in [2.75, 3.05) is 0 Å². The lowest BCUT2D eigenvalue weighted by molar-refractivity contribution is -0.156. The van der Waals surface area contributed by atoms with E-state index in [9.17, 15) is 9.59 Å². The highest BCUT2D eigenvalue weighted by Crippen LogP contribution is 2.23. The molecule has 0 aromatic carbocycles. The van der Waals surface area contributed by atoms with Gasteiger partial charge in [0.1, 0.15) is 11.4 Å². The molecule has 0 rings (SSSR count). The minimum absolute atomic E-state index is 0.126. The van der Waals surface area contributed by atoms with Gasteiger partial charge >= 0.3 is 5.97 Å². The normalized spacial score (nSPS) is 12.4. The Balaban J connectivity index is 4.08. The van der Waals surface area contributed by atoms with Crippen LogP contribution in [0.1, 0.15) is 60.8 Å². The van der Waals surface area contributed by atoms with Crippen LogP contribution < -0.4 is 0 Å². The molecule has 0 atom stereocenters. The quantitative estimate of drug-likeness (QED) is 0.679. The van der Waals surface area contributed by atoms with Gasteiger partial charge in [0.15, 0.2) is 0 Å². The zero-order valence-electron chi connectivity index (χ0n) is 11.3. The fraction of sp³-hybridized carbons (Fsp3) is 0.846. The summed E-state index contributed by atoms with van der Waals surface area (Å²) in [6, 6.07) is 0. The third kappa shape index (κ3) is 5.89. The van der Waals surface area contributed by atoms with E-state index in [1.807, 2.05) is 41.5 Å². The van der Waals surface area contributed by atoms with Crippen molar-refractivity contribution in [2.24, 2.45) is 5.41 Å². The first-order chi connectivity index (χ1) is 7.08. The summed E-state index contributed by atoms with van der Waals surface area (Å²) in [5.74, 6) is -0.173. The molecule has 0 aromatic heterocycles. The van der Waals surface area contributed by atoms with Crippen molar-refractivity contribution in [2.45, 2.75) is 66.4 Å². The monoisotopic (exact) mass is 228 g/mol. The molecule has 16 heavy (non-hydrogen) atoms. The average Bonchev–Trinajstić information content (AvgIpc) is 2.11. The summed E-state index contributed by atoms with van der Waals surface area (Å²) in [5.41, 5.74) is -0.803. The number of carbonyl (C=O) groups excluding carboxylic acids is 2. The molecule has 0 aliphatic heterocycles. The number of rotatable bonds is 5. The van der Waals surface area contributed by atoms with Crippen molar-refractivity contribution < 1.29 is 14.3 Å². The summed E-state index contributed by atoms with van der Waals surface area (Å²) in [5, 5.41) is 0. The first-order valence-electron chi connectivity index (χ1n) is 5.83. The molecule has 0 fully saturated rings. The van der Waals surface area contributed by atoms with Gasteiger partial charge in [0.25, 0.3) is 0 Å². The van der Waals surface area contributed by atoms with Crippen LogP contribution in [0.2, 0.25) is 0 Å². The molecule has 0 spiro atoms. The zero-order valence-corrected chi connectivity index (χ0v) is 11.3. The predicted molar refractivity (Wildman–Crippen MR) is 64.2 cm³/mol. The first kappa shape index (κ1) is 15.1. The van der Waals surface area contributed by atoms with Gasteiger partial charge in [0.05, 0.1) is 6.42 Å². The second-order valence-electron chi connectivity index (χ2n) is 5.75. The molecule has 0 aliphatic carbocycles. The second kappa shape index (κ2) is 5.46. The second-order valence-corrected chi connectivity index (χ2v) is 5.75. The van der Waals surface area contributed by atoms with Gasteiger partial charge in [-0.05, 0) is 27.2 Å². The van der Waals surface area contributed by atoms with Gasteiger partial charge in [-0.25, -0.2) is 0 Å². The minimum Gasteiger partial charge on any atom is -0.460 e. The molecule has 0 amide bonds. The summed E-state index contributed by atoms with van der Waals surface area (Å²) >= 11 is 0. The van der Waals surface area contributed by atoms with Gasteiger partial charge in [-0.1, -0.05) is 20.8 Å². The lowest BCUT2D eigenvalue weighted by atomic mass is 9.83. The van der Waals surface area contributed by atoms with E-state index in [1.165, 1.54) is 0 Å². The molecule has 0 N–H and O–H groups in total. The minimum atomic E-state index is -0.472. The Labute approximate surface area is 98.6 Å². The van der Waals surface area contributed by atoms with E-state index in [0.29, 0.717) is 0 Å².